The van der Waals surface area contributed by atoms with Crippen LogP contribution in [-0.4, -0.2) is 37.7 Å². The van der Waals surface area contributed by atoms with Crippen LogP contribution in [0.25, 0.3) is 0 Å². The van der Waals surface area contributed by atoms with Crippen LogP contribution in [0.15, 0.2) is 18.2 Å². The van der Waals surface area contributed by atoms with E-state index >= 15 is 0 Å². The highest BCUT2D eigenvalue weighted by Crippen LogP contribution is 2.35. The fourth-order valence-electron chi connectivity index (χ4n) is 2.35. The molecule has 0 aliphatic carbocycles. The molecule has 1 saturated heterocycles. The van der Waals surface area contributed by atoms with Gasteiger partial charge >= 0.3 is 0 Å². The summed E-state index contributed by atoms with van der Waals surface area (Å²) in [5.41, 5.74) is 1.39. The van der Waals surface area contributed by atoms with E-state index in [1.54, 1.807) is 11.9 Å². The highest BCUT2D eigenvalue weighted by Gasteiger charge is 2.43. The van der Waals surface area contributed by atoms with Crippen LogP contribution in [0, 0.1) is 0 Å². The number of epoxide rings is 1. The van der Waals surface area contributed by atoms with Gasteiger partial charge < -0.3 is 24.4 Å². The molecule has 0 saturated carbocycles. The third kappa shape index (κ3) is 3.34. The number of amides is 1. The third-order valence-corrected chi connectivity index (χ3v) is 3.50. The van der Waals surface area contributed by atoms with Crippen LogP contribution in [-0.2, 0) is 14.3 Å². The molecule has 1 amide bonds. The molecular formula is C16H22N2O4. The Morgan fingerprint density at radius 1 is 1.36 bits per heavy atom. The van der Waals surface area contributed by atoms with Gasteiger partial charge in [0.1, 0.15) is 5.75 Å². The molecule has 2 atom stereocenters. The van der Waals surface area contributed by atoms with E-state index in [1.165, 1.54) is 0 Å². The summed E-state index contributed by atoms with van der Waals surface area (Å²) in [5, 5.41) is 3.25. The summed E-state index contributed by atoms with van der Waals surface area (Å²) in [6.45, 7) is 6.39. The molecule has 2 heterocycles. The Morgan fingerprint density at radius 2 is 2.14 bits per heavy atom. The number of ether oxygens (including phenoxy) is 3. The molecule has 120 valence electrons. The number of anilines is 2. The minimum absolute atomic E-state index is 0.0486. The summed E-state index contributed by atoms with van der Waals surface area (Å²) in [6, 6.07) is 5.68. The molecule has 1 fully saturated rings. The Labute approximate surface area is 130 Å². The maximum atomic E-state index is 11.9. The predicted octanol–water partition coefficient (Wildman–Crippen LogP) is 2.34. The quantitative estimate of drug-likeness (QED) is 0.868. The zero-order chi connectivity index (χ0) is 15.9. The van der Waals surface area contributed by atoms with Gasteiger partial charge in [0.25, 0.3) is 0 Å². The van der Waals surface area contributed by atoms with Crippen molar-refractivity contribution in [2.24, 2.45) is 0 Å². The first-order valence-electron chi connectivity index (χ1n) is 7.47. The maximum absolute atomic E-state index is 11.9. The Balaban J connectivity index is 1.69. The first-order valence-corrected chi connectivity index (χ1v) is 7.47. The van der Waals surface area contributed by atoms with E-state index in [-0.39, 0.29) is 24.0 Å². The van der Waals surface area contributed by atoms with E-state index in [0.717, 1.165) is 17.1 Å². The highest BCUT2D eigenvalue weighted by molar-refractivity contribution is 5.95. The van der Waals surface area contributed by atoms with Crippen molar-refractivity contribution in [3.8, 4) is 5.75 Å². The summed E-state index contributed by atoms with van der Waals surface area (Å²) in [5.74, 6) is 0.769. The third-order valence-electron chi connectivity index (χ3n) is 3.50. The van der Waals surface area contributed by atoms with Crippen LogP contribution >= 0.6 is 0 Å². The Bertz CT molecular complexity index is 582. The molecule has 2 aliphatic heterocycles. The largest absolute Gasteiger partial charge is 0.491 e. The second-order valence-corrected chi connectivity index (χ2v) is 6.53. The Kier molecular flexibility index (Phi) is 3.74. The van der Waals surface area contributed by atoms with Gasteiger partial charge in [0, 0.05) is 12.7 Å². The lowest BCUT2D eigenvalue weighted by molar-refractivity contribution is -0.118. The number of carbonyl (C=O) groups excluding carboxylic acids is 1. The number of carbonyl (C=O) groups is 1. The zero-order valence-electron chi connectivity index (χ0n) is 13.4. The summed E-state index contributed by atoms with van der Waals surface area (Å²) >= 11 is 0. The number of nitrogens with one attached hydrogen (secondary N) is 1. The minimum atomic E-state index is -0.241. The van der Waals surface area contributed by atoms with E-state index in [0.29, 0.717) is 13.0 Å². The van der Waals surface area contributed by atoms with E-state index in [2.05, 4.69) is 5.32 Å². The molecule has 0 spiro atoms. The van der Waals surface area contributed by atoms with Gasteiger partial charge in [-0.1, -0.05) is 0 Å². The van der Waals surface area contributed by atoms with E-state index < -0.39 is 0 Å². The molecule has 2 unspecified atom stereocenters. The SMILES string of the molecule is CN1C(=O)CCOc2ccc(NC3OC3OC(C)(C)C)cc21. The predicted molar refractivity (Wildman–Crippen MR) is 83.1 cm³/mol. The van der Waals surface area contributed by atoms with Crippen LogP contribution in [0.2, 0.25) is 0 Å². The average Bonchev–Trinajstić information content (AvgIpc) is 3.15. The molecule has 2 aliphatic rings. The van der Waals surface area contributed by atoms with E-state index in [4.69, 9.17) is 14.2 Å². The van der Waals surface area contributed by atoms with Crippen molar-refractivity contribution in [2.45, 2.75) is 45.3 Å². The van der Waals surface area contributed by atoms with Gasteiger partial charge in [0.15, 0.2) is 6.23 Å². The van der Waals surface area contributed by atoms with Crippen LogP contribution in [0.5, 0.6) is 5.75 Å². The molecule has 1 N–H and O–H groups in total. The molecule has 0 radical (unpaired) electrons. The minimum Gasteiger partial charge on any atom is -0.491 e. The monoisotopic (exact) mass is 306 g/mol. The molecule has 0 bridgehead atoms. The molecule has 0 aromatic heterocycles. The van der Waals surface area contributed by atoms with Gasteiger partial charge in [-0.3, -0.25) is 4.79 Å². The number of hydrogen-bond donors (Lipinski definition) is 1. The van der Waals surface area contributed by atoms with Crippen molar-refractivity contribution in [3.05, 3.63) is 18.2 Å². The maximum Gasteiger partial charge on any atom is 0.230 e. The first-order chi connectivity index (χ1) is 10.3. The number of fused-ring (bicyclic) bond motifs is 1. The first kappa shape index (κ1) is 15.1. The summed E-state index contributed by atoms with van der Waals surface area (Å²) in [6.07, 6.45) is -0.0133. The van der Waals surface area contributed by atoms with Gasteiger partial charge in [-0.2, -0.15) is 0 Å². The van der Waals surface area contributed by atoms with Crippen LogP contribution in [0.1, 0.15) is 27.2 Å². The molecule has 6 heteroatoms. The Morgan fingerprint density at radius 3 is 2.86 bits per heavy atom. The molecule has 3 rings (SSSR count). The molecular weight excluding hydrogens is 284 g/mol. The average molecular weight is 306 g/mol. The standard InChI is InChI=1S/C16H22N2O4/c1-16(2,3)22-15-14(21-15)17-10-5-6-12-11(9-10)18(4)13(19)7-8-20-12/h5-6,9,14-15,17H,7-8H2,1-4H3. The second kappa shape index (κ2) is 5.44. The normalized spacial score (nSPS) is 24.4. The Hall–Kier alpha value is -1.79. The van der Waals surface area contributed by atoms with Gasteiger partial charge in [0.05, 0.1) is 24.3 Å². The summed E-state index contributed by atoms with van der Waals surface area (Å²) < 4.78 is 16.8. The lowest BCUT2D eigenvalue weighted by Gasteiger charge is -2.18. The number of hydrogen-bond acceptors (Lipinski definition) is 5. The smallest absolute Gasteiger partial charge is 0.230 e. The lowest BCUT2D eigenvalue weighted by Crippen LogP contribution is -2.25. The van der Waals surface area contributed by atoms with Crippen molar-refractivity contribution < 1.29 is 19.0 Å². The zero-order valence-corrected chi connectivity index (χ0v) is 13.4. The molecule has 22 heavy (non-hydrogen) atoms. The number of rotatable bonds is 3. The van der Waals surface area contributed by atoms with Crippen molar-refractivity contribution in [3.63, 3.8) is 0 Å². The molecule has 1 aromatic carbocycles. The van der Waals surface area contributed by atoms with Gasteiger partial charge in [-0.25, -0.2) is 0 Å². The number of benzene rings is 1. The molecule has 1 aromatic rings. The van der Waals surface area contributed by atoms with Crippen LogP contribution in [0.3, 0.4) is 0 Å². The van der Waals surface area contributed by atoms with Crippen molar-refractivity contribution in [1.29, 1.82) is 0 Å². The van der Waals surface area contributed by atoms with Gasteiger partial charge in [0.2, 0.25) is 12.2 Å². The summed E-state index contributed by atoms with van der Waals surface area (Å²) in [7, 11) is 1.76. The summed E-state index contributed by atoms with van der Waals surface area (Å²) in [4.78, 5) is 13.5. The van der Waals surface area contributed by atoms with Crippen molar-refractivity contribution >= 4 is 17.3 Å². The molecule has 6 nitrogen and oxygen atoms in total. The fraction of sp³-hybridized carbons (Fsp3) is 0.562. The topological polar surface area (TPSA) is 63.3 Å². The number of nitrogens with zero attached hydrogens (tertiary/aromatic N) is 1. The van der Waals surface area contributed by atoms with Crippen molar-refractivity contribution in [1.82, 2.24) is 0 Å². The fourth-order valence-corrected chi connectivity index (χ4v) is 2.35. The van der Waals surface area contributed by atoms with E-state index in [9.17, 15) is 4.79 Å². The lowest BCUT2D eigenvalue weighted by atomic mass is 10.2. The highest BCUT2D eigenvalue weighted by atomic mass is 16.8. The van der Waals surface area contributed by atoms with Crippen LogP contribution < -0.4 is 15.0 Å². The van der Waals surface area contributed by atoms with E-state index in [1.807, 2.05) is 39.0 Å². The van der Waals surface area contributed by atoms with Crippen molar-refractivity contribution in [2.75, 3.05) is 23.9 Å². The van der Waals surface area contributed by atoms with Gasteiger partial charge in [-0.15, -0.1) is 0 Å². The van der Waals surface area contributed by atoms with Gasteiger partial charge in [-0.05, 0) is 39.0 Å². The van der Waals surface area contributed by atoms with Crippen LogP contribution in [0.4, 0.5) is 11.4 Å². The second-order valence-electron chi connectivity index (χ2n) is 6.53.